The molecule has 0 heterocycles. The number of nitrogens with one attached hydrogen (secondary N) is 1. The van der Waals surface area contributed by atoms with Gasteiger partial charge in [-0.3, -0.25) is 0 Å². The predicted molar refractivity (Wildman–Crippen MR) is 62.7 cm³/mol. The smallest absolute Gasteiger partial charge is 0.0488 e. The average molecular weight is 201 g/mol. The van der Waals surface area contributed by atoms with Crippen LogP contribution in [0, 0.1) is 5.92 Å². The third-order valence-electron chi connectivity index (χ3n) is 2.02. The number of hydrogen-bond acceptors (Lipinski definition) is 2. The summed E-state index contributed by atoms with van der Waals surface area (Å²) < 4.78 is 5.50. The third-order valence-corrected chi connectivity index (χ3v) is 2.02. The van der Waals surface area contributed by atoms with Gasteiger partial charge in [-0.05, 0) is 44.7 Å². The van der Waals surface area contributed by atoms with E-state index in [9.17, 15) is 0 Å². The van der Waals surface area contributed by atoms with Crippen LogP contribution >= 0.6 is 0 Å². The van der Waals surface area contributed by atoms with E-state index in [-0.39, 0.29) is 0 Å². The Hall–Kier alpha value is -0.0800. The molecular weight excluding hydrogens is 174 g/mol. The highest BCUT2D eigenvalue weighted by Gasteiger charge is 1.93. The summed E-state index contributed by atoms with van der Waals surface area (Å²) in [6.07, 6.45) is 5.01. The Morgan fingerprint density at radius 1 is 1.07 bits per heavy atom. The van der Waals surface area contributed by atoms with Crippen molar-refractivity contribution in [3.05, 3.63) is 0 Å². The molecule has 2 nitrogen and oxygen atoms in total. The van der Waals surface area contributed by atoms with E-state index in [0.717, 1.165) is 26.3 Å². The predicted octanol–water partition coefficient (Wildman–Crippen LogP) is 2.83. The van der Waals surface area contributed by atoms with E-state index in [0.29, 0.717) is 5.92 Å². The van der Waals surface area contributed by atoms with Gasteiger partial charge in [-0.1, -0.05) is 20.8 Å². The minimum Gasteiger partial charge on any atom is -0.381 e. The van der Waals surface area contributed by atoms with Crippen molar-refractivity contribution in [2.75, 3.05) is 26.3 Å². The lowest BCUT2D eigenvalue weighted by atomic mass is 10.2. The first-order valence-corrected chi connectivity index (χ1v) is 6.05. The molecular formula is C12H27NO. The summed E-state index contributed by atoms with van der Waals surface area (Å²) in [5, 5.41) is 3.40. The SMILES string of the molecule is CCCNCCCCCOCC(C)C. The van der Waals surface area contributed by atoms with Gasteiger partial charge in [-0.15, -0.1) is 0 Å². The van der Waals surface area contributed by atoms with E-state index in [1.165, 1.54) is 25.7 Å². The molecule has 0 aliphatic carbocycles. The summed E-state index contributed by atoms with van der Waals surface area (Å²) in [4.78, 5) is 0. The zero-order valence-corrected chi connectivity index (χ0v) is 10.1. The molecule has 14 heavy (non-hydrogen) atoms. The van der Waals surface area contributed by atoms with Crippen LogP contribution in [0.2, 0.25) is 0 Å². The van der Waals surface area contributed by atoms with Crippen LogP contribution < -0.4 is 5.32 Å². The molecule has 86 valence electrons. The zero-order chi connectivity index (χ0) is 10.6. The third kappa shape index (κ3) is 11.9. The van der Waals surface area contributed by atoms with Gasteiger partial charge in [0.2, 0.25) is 0 Å². The molecule has 0 spiro atoms. The lowest BCUT2D eigenvalue weighted by Gasteiger charge is -2.06. The molecule has 0 unspecified atom stereocenters. The second-order valence-electron chi connectivity index (χ2n) is 4.28. The van der Waals surface area contributed by atoms with Crippen LogP contribution in [-0.4, -0.2) is 26.3 Å². The summed E-state index contributed by atoms with van der Waals surface area (Å²) in [5.41, 5.74) is 0. The Morgan fingerprint density at radius 3 is 2.50 bits per heavy atom. The molecule has 0 saturated heterocycles. The van der Waals surface area contributed by atoms with Crippen molar-refractivity contribution in [1.29, 1.82) is 0 Å². The Kier molecular flexibility index (Phi) is 10.9. The van der Waals surface area contributed by atoms with Gasteiger partial charge in [0.15, 0.2) is 0 Å². The van der Waals surface area contributed by atoms with Crippen molar-refractivity contribution >= 4 is 0 Å². The van der Waals surface area contributed by atoms with E-state index < -0.39 is 0 Å². The molecule has 2 heteroatoms. The first-order chi connectivity index (χ1) is 6.77. The number of rotatable bonds is 10. The Bertz CT molecular complexity index is 104. The van der Waals surface area contributed by atoms with Crippen LogP contribution in [0.3, 0.4) is 0 Å². The normalized spacial score (nSPS) is 11.1. The van der Waals surface area contributed by atoms with Crippen LogP contribution in [-0.2, 0) is 4.74 Å². The summed E-state index contributed by atoms with van der Waals surface area (Å²) in [7, 11) is 0. The van der Waals surface area contributed by atoms with E-state index in [1.807, 2.05) is 0 Å². The van der Waals surface area contributed by atoms with Crippen molar-refractivity contribution in [3.63, 3.8) is 0 Å². The first-order valence-electron chi connectivity index (χ1n) is 6.05. The topological polar surface area (TPSA) is 21.3 Å². The van der Waals surface area contributed by atoms with Gasteiger partial charge in [0.05, 0.1) is 0 Å². The summed E-state index contributed by atoms with van der Waals surface area (Å²) in [6, 6.07) is 0. The van der Waals surface area contributed by atoms with Crippen LogP contribution in [0.5, 0.6) is 0 Å². The summed E-state index contributed by atoms with van der Waals surface area (Å²) >= 11 is 0. The second-order valence-corrected chi connectivity index (χ2v) is 4.28. The lowest BCUT2D eigenvalue weighted by molar-refractivity contribution is 0.106. The van der Waals surface area contributed by atoms with Crippen molar-refractivity contribution in [1.82, 2.24) is 5.32 Å². The Morgan fingerprint density at radius 2 is 1.86 bits per heavy atom. The molecule has 0 bridgehead atoms. The molecule has 0 aromatic heterocycles. The fraction of sp³-hybridized carbons (Fsp3) is 1.00. The highest BCUT2D eigenvalue weighted by molar-refractivity contribution is 4.48. The van der Waals surface area contributed by atoms with Crippen molar-refractivity contribution in [2.24, 2.45) is 5.92 Å². The molecule has 0 rings (SSSR count). The average Bonchev–Trinajstić information content (AvgIpc) is 2.15. The summed E-state index contributed by atoms with van der Waals surface area (Å²) in [5.74, 6) is 0.668. The van der Waals surface area contributed by atoms with Gasteiger partial charge >= 0.3 is 0 Å². The fourth-order valence-electron chi connectivity index (χ4n) is 1.25. The molecule has 0 amide bonds. The van der Waals surface area contributed by atoms with E-state index in [2.05, 4.69) is 26.1 Å². The van der Waals surface area contributed by atoms with Crippen LogP contribution in [0.4, 0.5) is 0 Å². The minimum absolute atomic E-state index is 0.668. The van der Waals surface area contributed by atoms with E-state index >= 15 is 0 Å². The maximum Gasteiger partial charge on any atom is 0.0488 e. The van der Waals surface area contributed by atoms with Gasteiger partial charge in [0, 0.05) is 13.2 Å². The molecule has 0 aromatic carbocycles. The molecule has 1 N–H and O–H groups in total. The number of unbranched alkanes of at least 4 members (excludes halogenated alkanes) is 2. The van der Waals surface area contributed by atoms with Crippen LogP contribution in [0.1, 0.15) is 46.5 Å². The maximum absolute atomic E-state index is 5.50. The number of ether oxygens (including phenoxy) is 1. The molecule has 0 fully saturated rings. The van der Waals surface area contributed by atoms with Crippen molar-refractivity contribution in [3.8, 4) is 0 Å². The quantitative estimate of drug-likeness (QED) is 0.549. The highest BCUT2D eigenvalue weighted by Crippen LogP contribution is 1.97. The second kappa shape index (κ2) is 11.0. The van der Waals surface area contributed by atoms with E-state index in [4.69, 9.17) is 4.74 Å². The minimum atomic E-state index is 0.668. The highest BCUT2D eigenvalue weighted by atomic mass is 16.5. The molecule has 0 aromatic rings. The van der Waals surface area contributed by atoms with Gasteiger partial charge in [-0.2, -0.15) is 0 Å². The fourth-order valence-corrected chi connectivity index (χ4v) is 1.25. The van der Waals surface area contributed by atoms with Gasteiger partial charge in [0.1, 0.15) is 0 Å². The van der Waals surface area contributed by atoms with Crippen LogP contribution in [0.25, 0.3) is 0 Å². The van der Waals surface area contributed by atoms with E-state index in [1.54, 1.807) is 0 Å². The molecule has 0 aliphatic rings. The Labute approximate surface area is 89.4 Å². The zero-order valence-electron chi connectivity index (χ0n) is 10.1. The maximum atomic E-state index is 5.50. The van der Waals surface area contributed by atoms with Gasteiger partial charge < -0.3 is 10.1 Å². The molecule has 0 saturated carbocycles. The standard InChI is InChI=1S/C12H27NO/c1-4-8-13-9-6-5-7-10-14-11-12(2)3/h12-13H,4-11H2,1-3H3. The first kappa shape index (κ1) is 13.9. The Balaban J connectivity index is 2.85. The largest absolute Gasteiger partial charge is 0.381 e. The number of hydrogen-bond donors (Lipinski definition) is 1. The lowest BCUT2D eigenvalue weighted by Crippen LogP contribution is -2.15. The molecule has 0 aliphatic heterocycles. The molecule has 0 atom stereocenters. The van der Waals surface area contributed by atoms with Crippen molar-refractivity contribution in [2.45, 2.75) is 46.5 Å². The van der Waals surface area contributed by atoms with Crippen LogP contribution in [0.15, 0.2) is 0 Å². The molecule has 0 radical (unpaired) electrons. The monoisotopic (exact) mass is 201 g/mol. The van der Waals surface area contributed by atoms with Crippen molar-refractivity contribution < 1.29 is 4.74 Å². The van der Waals surface area contributed by atoms with Gasteiger partial charge in [-0.25, -0.2) is 0 Å². The summed E-state index contributed by atoms with van der Waals surface area (Å²) in [6.45, 7) is 10.7. The van der Waals surface area contributed by atoms with Gasteiger partial charge in [0.25, 0.3) is 0 Å².